The van der Waals surface area contributed by atoms with E-state index >= 15 is 0 Å². The largest absolute Gasteiger partial charge is 0.493 e. The van der Waals surface area contributed by atoms with Gasteiger partial charge in [-0.05, 0) is 24.6 Å². The number of ether oxygens (including phenoxy) is 3. The number of hydrogen-bond donors (Lipinski definition) is 1. The Balaban J connectivity index is 1.68. The number of nitrogens with one attached hydrogen (secondary N) is 1. The fraction of sp³-hybridized carbons (Fsp3) is 0.333. The molecule has 1 aromatic heterocycles. The molecule has 0 aliphatic heterocycles. The lowest BCUT2D eigenvalue weighted by molar-refractivity contribution is -0.384. The fourth-order valence-electron chi connectivity index (χ4n) is 3.56. The quantitative estimate of drug-likeness (QED) is 0.245. The monoisotopic (exact) mass is 563 g/mol. The van der Waals surface area contributed by atoms with Gasteiger partial charge in [0.05, 0.1) is 36.8 Å². The minimum atomic E-state index is -0.588. The third-order valence-corrected chi connectivity index (χ3v) is 6.57. The van der Waals surface area contributed by atoms with Crippen molar-refractivity contribution < 1.29 is 28.7 Å². The van der Waals surface area contributed by atoms with Crippen molar-refractivity contribution in [3.05, 3.63) is 51.0 Å². The molecule has 38 heavy (non-hydrogen) atoms. The number of rotatable bonds is 12. The van der Waals surface area contributed by atoms with E-state index in [0.717, 1.165) is 17.4 Å². The number of nitro groups is 1. The van der Waals surface area contributed by atoms with Gasteiger partial charge in [0.2, 0.25) is 16.8 Å². The first-order valence-corrected chi connectivity index (χ1v) is 12.6. The smallest absolute Gasteiger partial charge is 0.270 e. The first-order chi connectivity index (χ1) is 18.2. The average Bonchev–Trinajstić information content (AvgIpc) is 3.37. The molecule has 14 heteroatoms. The summed E-state index contributed by atoms with van der Waals surface area (Å²) in [5.41, 5.74) is 0.582. The number of hydrogen-bond acceptors (Lipinski definition) is 10. The second kappa shape index (κ2) is 13.0. The van der Waals surface area contributed by atoms with Gasteiger partial charge in [-0.1, -0.05) is 29.9 Å². The van der Waals surface area contributed by atoms with Crippen LogP contribution in [-0.4, -0.2) is 66.3 Å². The second-order valence-electron chi connectivity index (χ2n) is 7.84. The number of halogens is 1. The van der Waals surface area contributed by atoms with Crippen LogP contribution in [0.1, 0.15) is 30.1 Å². The lowest BCUT2D eigenvalue weighted by Crippen LogP contribution is -2.34. The summed E-state index contributed by atoms with van der Waals surface area (Å²) in [6.45, 7) is 2.39. The van der Waals surface area contributed by atoms with Crippen molar-refractivity contribution >= 4 is 45.6 Å². The number of anilines is 1. The van der Waals surface area contributed by atoms with Crippen LogP contribution in [0.25, 0.3) is 10.6 Å². The van der Waals surface area contributed by atoms with Crippen LogP contribution in [0.15, 0.2) is 30.3 Å². The summed E-state index contributed by atoms with van der Waals surface area (Å²) >= 11 is 7.28. The normalized spacial score (nSPS) is 10.6. The first kappa shape index (κ1) is 28.6. The van der Waals surface area contributed by atoms with E-state index in [4.69, 9.17) is 25.8 Å². The number of aromatic nitrogens is 2. The molecule has 0 radical (unpaired) electrons. The zero-order valence-corrected chi connectivity index (χ0v) is 22.7. The van der Waals surface area contributed by atoms with E-state index in [-0.39, 0.29) is 40.3 Å². The van der Waals surface area contributed by atoms with Gasteiger partial charge in [0.15, 0.2) is 11.5 Å². The predicted octanol–water partition coefficient (Wildman–Crippen LogP) is 4.67. The summed E-state index contributed by atoms with van der Waals surface area (Å²) in [6.07, 6.45) is 0.641. The van der Waals surface area contributed by atoms with Gasteiger partial charge in [0.25, 0.3) is 11.6 Å². The van der Waals surface area contributed by atoms with Gasteiger partial charge in [-0.15, -0.1) is 10.2 Å². The van der Waals surface area contributed by atoms with Crippen molar-refractivity contribution in [1.29, 1.82) is 0 Å². The fourth-order valence-corrected chi connectivity index (χ4v) is 4.56. The summed E-state index contributed by atoms with van der Waals surface area (Å²) in [5, 5.41) is 22.6. The molecule has 1 heterocycles. The van der Waals surface area contributed by atoms with Crippen LogP contribution in [0.4, 0.5) is 10.8 Å². The van der Waals surface area contributed by atoms with Crippen LogP contribution < -0.4 is 19.5 Å². The van der Waals surface area contributed by atoms with Gasteiger partial charge in [-0.3, -0.25) is 19.7 Å². The maximum absolute atomic E-state index is 13.0. The highest BCUT2D eigenvalue weighted by atomic mass is 35.5. The van der Waals surface area contributed by atoms with E-state index < -0.39 is 10.8 Å². The number of carbonyl (C=O) groups is 2. The highest BCUT2D eigenvalue weighted by Gasteiger charge is 2.22. The molecule has 1 N–H and O–H groups in total. The molecule has 3 aromatic rings. The van der Waals surface area contributed by atoms with Crippen LogP contribution in [0.5, 0.6) is 17.2 Å². The molecule has 0 saturated heterocycles. The standard InChI is InChI=1S/C24H26ClN5O7S/c1-5-9-29(23(32)16-7-6-15(30(33)34)13-17(16)25)10-8-20(31)26-24-28-27-22(38-24)14-11-18(35-2)21(37-4)19(12-14)36-3/h6-7,11-13H,5,8-10H2,1-4H3,(H,26,28,31). The third kappa shape index (κ3) is 6.66. The maximum atomic E-state index is 13.0. The van der Waals surface area contributed by atoms with Crippen LogP contribution >= 0.6 is 22.9 Å². The van der Waals surface area contributed by atoms with E-state index in [1.165, 1.54) is 38.4 Å². The minimum absolute atomic E-state index is 0.00453. The predicted molar refractivity (Wildman–Crippen MR) is 143 cm³/mol. The Morgan fingerprint density at radius 2 is 1.76 bits per heavy atom. The van der Waals surface area contributed by atoms with E-state index in [1.807, 2.05) is 6.92 Å². The molecule has 0 bridgehead atoms. The highest BCUT2D eigenvalue weighted by Crippen LogP contribution is 2.42. The van der Waals surface area contributed by atoms with Crippen molar-refractivity contribution in [1.82, 2.24) is 15.1 Å². The molecule has 0 saturated carbocycles. The molecule has 0 aliphatic carbocycles. The number of nitro benzene ring substituents is 1. The number of benzene rings is 2. The molecule has 0 spiro atoms. The number of methoxy groups -OCH3 is 3. The van der Waals surface area contributed by atoms with Gasteiger partial charge in [0.1, 0.15) is 5.01 Å². The van der Waals surface area contributed by atoms with Gasteiger partial charge < -0.3 is 24.4 Å². The molecule has 12 nitrogen and oxygen atoms in total. The molecule has 0 fully saturated rings. The highest BCUT2D eigenvalue weighted by molar-refractivity contribution is 7.18. The molecule has 3 rings (SSSR count). The topological polar surface area (TPSA) is 146 Å². The SMILES string of the molecule is CCCN(CCC(=O)Nc1nnc(-c2cc(OC)c(OC)c(OC)c2)s1)C(=O)c1ccc([N+](=O)[O-])cc1Cl. The van der Waals surface area contributed by atoms with E-state index in [0.29, 0.717) is 40.8 Å². The number of carbonyl (C=O) groups excluding carboxylic acids is 2. The van der Waals surface area contributed by atoms with Crippen LogP contribution in [0.2, 0.25) is 5.02 Å². The summed E-state index contributed by atoms with van der Waals surface area (Å²) < 4.78 is 16.1. The third-order valence-electron chi connectivity index (χ3n) is 5.37. The molecule has 0 atom stereocenters. The summed E-state index contributed by atoms with van der Waals surface area (Å²) in [7, 11) is 4.53. The zero-order chi connectivity index (χ0) is 27.8. The van der Waals surface area contributed by atoms with Crippen molar-refractivity contribution in [3.63, 3.8) is 0 Å². The maximum Gasteiger partial charge on any atom is 0.270 e. The lowest BCUT2D eigenvalue weighted by Gasteiger charge is -2.22. The summed E-state index contributed by atoms with van der Waals surface area (Å²) in [4.78, 5) is 37.5. The molecule has 2 aromatic carbocycles. The molecule has 0 unspecified atom stereocenters. The van der Waals surface area contributed by atoms with Crippen molar-refractivity contribution in [3.8, 4) is 27.8 Å². The Bertz CT molecular complexity index is 1310. The Morgan fingerprint density at radius 3 is 2.32 bits per heavy atom. The Kier molecular flexibility index (Phi) is 9.79. The molecule has 2 amide bonds. The van der Waals surface area contributed by atoms with E-state index in [2.05, 4.69) is 15.5 Å². The van der Waals surface area contributed by atoms with Crippen LogP contribution in [-0.2, 0) is 4.79 Å². The van der Waals surface area contributed by atoms with Crippen molar-refractivity contribution in [2.45, 2.75) is 19.8 Å². The molecular weight excluding hydrogens is 538 g/mol. The van der Waals surface area contributed by atoms with E-state index in [1.54, 1.807) is 12.1 Å². The Labute approximate surface area is 227 Å². The lowest BCUT2D eigenvalue weighted by atomic mass is 10.1. The first-order valence-electron chi connectivity index (χ1n) is 11.4. The number of non-ortho nitro benzene ring substituents is 1. The number of nitrogens with zero attached hydrogens (tertiary/aromatic N) is 4. The molecule has 202 valence electrons. The zero-order valence-electron chi connectivity index (χ0n) is 21.1. The Hall–Kier alpha value is -3.97. The second-order valence-corrected chi connectivity index (χ2v) is 9.22. The Morgan fingerprint density at radius 1 is 1.08 bits per heavy atom. The summed E-state index contributed by atoms with van der Waals surface area (Å²) in [5.74, 6) is 0.576. The van der Waals surface area contributed by atoms with Crippen molar-refractivity contribution in [2.24, 2.45) is 0 Å². The molecular formula is C24H26ClN5O7S. The average molecular weight is 564 g/mol. The van der Waals surface area contributed by atoms with E-state index in [9.17, 15) is 19.7 Å². The number of amides is 2. The van der Waals surface area contributed by atoms with Gasteiger partial charge >= 0.3 is 0 Å². The van der Waals surface area contributed by atoms with Gasteiger partial charge in [-0.2, -0.15) is 0 Å². The van der Waals surface area contributed by atoms with Crippen molar-refractivity contribution in [2.75, 3.05) is 39.7 Å². The molecule has 0 aliphatic rings. The minimum Gasteiger partial charge on any atom is -0.493 e. The van der Waals surface area contributed by atoms with Gasteiger partial charge in [0, 0.05) is 37.2 Å². The van der Waals surface area contributed by atoms with Crippen LogP contribution in [0.3, 0.4) is 0 Å². The summed E-state index contributed by atoms with van der Waals surface area (Å²) in [6, 6.07) is 7.12. The van der Waals surface area contributed by atoms with Crippen LogP contribution in [0, 0.1) is 10.1 Å². The van der Waals surface area contributed by atoms with Gasteiger partial charge in [-0.25, -0.2) is 0 Å².